The Balaban J connectivity index is 2.29. The molecule has 3 heteroatoms. The van der Waals surface area contributed by atoms with Crippen molar-refractivity contribution in [2.45, 2.75) is 40.0 Å². The largest absolute Gasteiger partial charge is 0.316 e. The average molecular weight is 255 g/mol. The number of aryl methyl sites for hydroxylation is 2. The van der Waals surface area contributed by atoms with E-state index in [0.29, 0.717) is 23.5 Å². The molecule has 1 aromatic rings. The van der Waals surface area contributed by atoms with Crippen LogP contribution in [0.3, 0.4) is 0 Å². The van der Waals surface area contributed by atoms with Crippen molar-refractivity contribution in [2.24, 2.45) is 5.92 Å². The van der Waals surface area contributed by atoms with Gasteiger partial charge in [-0.3, -0.25) is 0 Å². The lowest BCUT2D eigenvalue weighted by Gasteiger charge is -2.08. The minimum atomic E-state index is -0.315. The minimum Gasteiger partial charge on any atom is -0.316 e. The molecule has 0 aromatic heterocycles. The molecule has 18 heavy (non-hydrogen) atoms. The van der Waals surface area contributed by atoms with Crippen LogP contribution in [0.15, 0.2) is 12.1 Å². The van der Waals surface area contributed by atoms with E-state index in [1.807, 2.05) is 0 Å². The van der Waals surface area contributed by atoms with Crippen LogP contribution in [0.2, 0.25) is 0 Å². The highest BCUT2D eigenvalue weighted by Gasteiger charge is 2.06. The molecule has 1 aromatic carbocycles. The second-order valence-electron chi connectivity index (χ2n) is 5.25. The highest BCUT2D eigenvalue weighted by Crippen LogP contribution is 2.16. The Morgan fingerprint density at radius 1 is 1.11 bits per heavy atom. The summed E-state index contributed by atoms with van der Waals surface area (Å²) in [6, 6.07) is 2.61. The van der Waals surface area contributed by atoms with Crippen LogP contribution in [-0.2, 0) is 6.42 Å². The van der Waals surface area contributed by atoms with Crippen LogP contribution in [0.5, 0.6) is 0 Å². The van der Waals surface area contributed by atoms with Crippen LogP contribution in [0.4, 0.5) is 8.78 Å². The predicted molar refractivity (Wildman–Crippen MR) is 71.7 cm³/mol. The quantitative estimate of drug-likeness (QED) is 0.730. The van der Waals surface area contributed by atoms with Gasteiger partial charge < -0.3 is 5.32 Å². The molecule has 0 unspecified atom stereocenters. The molecule has 0 aliphatic carbocycles. The van der Waals surface area contributed by atoms with Gasteiger partial charge in [-0.2, -0.15) is 0 Å². The third-order valence-electron chi connectivity index (χ3n) is 2.93. The van der Waals surface area contributed by atoms with Crippen LogP contribution in [0, 0.1) is 24.5 Å². The van der Waals surface area contributed by atoms with Gasteiger partial charge in [-0.25, -0.2) is 8.78 Å². The van der Waals surface area contributed by atoms with E-state index >= 15 is 0 Å². The first kappa shape index (κ1) is 15.1. The molecule has 1 nitrogen and oxygen atoms in total. The molecule has 1 rings (SSSR count). The number of benzene rings is 1. The summed E-state index contributed by atoms with van der Waals surface area (Å²) in [7, 11) is 0. The molecular formula is C15H23F2N. The zero-order chi connectivity index (χ0) is 13.5. The van der Waals surface area contributed by atoms with Crippen molar-refractivity contribution in [3.8, 4) is 0 Å². The Morgan fingerprint density at radius 3 is 2.50 bits per heavy atom. The van der Waals surface area contributed by atoms with E-state index in [4.69, 9.17) is 0 Å². The number of halogens is 2. The standard InChI is InChI=1S/C15H23F2N/c1-11(2)10-18-7-5-4-6-13-9-14(16)12(3)8-15(13)17/h8-9,11,18H,4-7,10H2,1-3H3. The Morgan fingerprint density at radius 2 is 1.83 bits per heavy atom. The normalized spacial score (nSPS) is 11.2. The molecule has 0 radical (unpaired) electrons. The molecule has 0 atom stereocenters. The van der Waals surface area contributed by atoms with Crippen molar-refractivity contribution in [1.82, 2.24) is 5.32 Å². The fourth-order valence-electron chi connectivity index (χ4n) is 1.84. The SMILES string of the molecule is Cc1cc(F)c(CCCCNCC(C)C)cc1F. The van der Waals surface area contributed by atoms with E-state index < -0.39 is 0 Å². The molecule has 0 bridgehead atoms. The summed E-state index contributed by atoms with van der Waals surface area (Å²) in [6.45, 7) is 7.86. The molecule has 0 fully saturated rings. The van der Waals surface area contributed by atoms with E-state index in [0.717, 1.165) is 25.9 Å². The average Bonchev–Trinajstić information content (AvgIpc) is 2.29. The van der Waals surface area contributed by atoms with Gasteiger partial charge in [0.15, 0.2) is 0 Å². The lowest BCUT2D eigenvalue weighted by atomic mass is 10.1. The highest BCUT2D eigenvalue weighted by atomic mass is 19.1. The monoisotopic (exact) mass is 255 g/mol. The van der Waals surface area contributed by atoms with Crippen molar-refractivity contribution < 1.29 is 8.78 Å². The first-order valence-electron chi connectivity index (χ1n) is 6.66. The van der Waals surface area contributed by atoms with Gasteiger partial charge in [0.25, 0.3) is 0 Å². The van der Waals surface area contributed by atoms with Gasteiger partial charge in [0.05, 0.1) is 0 Å². The van der Waals surface area contributed by atoms with Crippen molar-refractivity contribution in [3.05, 3.63) is 34.9 Å². The van der Waals surface area contributed by atoms with Crippen molar-refractivity contribution in [2.75, 3.05) is 13.1 Å². The Kier molecular flexibility index (Phi) is 6.27. The predicted octanol–water partition coefficient (Wildman–Crippen LogP) is 3.84. The van der Waals surface area contributed by atoms with Gasteiger partial charge in [0.2, 0.25) is 0 Å². The topological polar surface area (TPSA) is 12.0 Å². The third-order valence-corrected chi connectivity index (χ3v) is 2.93. The van der Waals surface area contributed by atoms with E-state index in [1.54, 1.807) is 6.92 Å². The molecule has 0 amide bonds. The zero-order valence-electron chi connectivity index (χ0n) is 11.5. The zero-order valence-corrected chi connectivity index (χ0v) is 11.5. The second kappa shape index (κ2) is 7.47. The number of unbranched alkanes of at least 4 members (excludes halogenated alkanes) is 1. The van der Waals surface area contributed by atoms with Crippen molar-refractivity contribution in [3.63, 3.8) is 0 Å². The van der Waals surface area contributed by atoms with Crippen LogP contribution < -0.4 is 5.32 Å². The lowest BCUT2D eigenvalue weighted by Crippen LogP contribution is -2.20. The Bertz CT molecular complexity index is 375. The number of hydrogen-bond donors (Lipinski definition) is 1. The number of rotatable bonds is 7. The molecule has 0 aliphatic heterocycles. The van der Waals surface area contributed by atoms with Crippen LogP contribution >= 0.6 is 0 Å². The Hall–Kier alpha value is -0.960. The minimum absolute atomic E-state index is 0.288. The van der Waals surface area contributed by atoms with E-state index in [1.165, 1.54) is 12.1 Å². The van der Waals surface area contributed by atoms with Gasteiger partial charge >= 0.3 is 0 Å². The summed E-state index contributed by atoms with van der Waals surface area (Å²) in [6.07, 6.45) is 2.47. The molecule has 0 spiro atoms. The van der Waals surface area contributed by atoms with Crippen molar-refractivity contribution in [1.29, 1.82) is 0 Å². The molecule has 102 valence electrons. The highest BCUT2D eigenvalue weighted by molar-refractivity contribution is 5.25. The molecular weight excluding hydrogens is 232 g/mol. The molecule has 0 saturated carbocycles. The summed E-state index contributed by atoms with van der Waals surface area (Å²) in [5.41, 5.74) is 0.858. The number of nitrogens with one attached hydrogen (secondary N) is 1. The summed E-state index contributed by atoms with van der Waals surface area (Å²) in [4.78, 5) is 0. The van der Waals surface area contributed by atoms with Gasteiger partial charge in [-0.15, -0.1) is 0 Å². The molecule has 0 aliphatic rings. The van der Waals surface area contributed by atoms with Gasteiger partial charge in [-0.1, -0.05) is 13.8 Å². The van der Waals surface area contributed by atoms with Crippen LogP contribution in [0.25, 0.3) is 0 Å². The Labute approximate surface area is 109 Å². The lowest BCUT2D eigenvalue weighted by molar-refractivity contribution is 0.530. The maximum atomic E-state index is 13.5. The molecule has 1 N–H and O–H groups in total. The van der Waals surface area contributed by atoms with Crippen LogP contribution in [-0.4, -0.2) is 13.1 Å². The van der Waals surface area contributed by atoms with Gasteiger partial charge in [-0.05, 0) is 68.5 Å². The maximum Gasteiger partial charge on any atom is 0.126 e. The van der Waals surface area contributed by atoms with Crippen molar-refractivity contribution >= 4 is 0 Å². The first-order valence-corrected chi connectivity index (χ1v) is 6.66. The van der Waals surface area contributed by atoms with Gasteiger partial charge in [0.1, 0.15) is 11.6 Å². The van der Waals surface area contributed by atoms with E-state index in [2.05, 4.69) is 19.2 Å². The summed E-state index contributed by atoms with van der Waals surface area (Å²) in [5, 5.41) is 3.34. The fraction of sp³-hybridized carbons (Fsp3) is 0.600. The summed E-state index contributed by atoms with van der Waals surface area (Å²) < 4.78 is 26.8. The maximum absolute atomic E-state index is 13.5. The van der Waals surface area contributed by atoms with Gasteiger partial charge in [0, 0.05) is 0 Å². The fourth-order valence-corrected chi connectivity index (χ4v) is 1.84. The van der Waals surface area contributed by atoms with E-state index in [-0.39, 0.29) is 11.6 Å². The summed E-state index contributed by atoms with van der Waals surface area (Å²) in [5.74, 6) is 0.0435. The summed E-state index contributed by atoms with van der Waals surface area (Å²) >= 11 is 0. The first-order chi connectivity index (χ1) is 8.50. The molecule has 0 saturated heterocycles. The van der Waals surface area contributed by atoms with E-state index in [9.17, 15) is 8.78 Å². The smallest absolute Gasteiger partial charge is 0.126 e. The third kappa shape index (κ3) is 5.13. The van der Waals surface area contributed by atoms with Crippen LogP contribution in [0.1, 0.15) is 37.8 Å². The number of hydrogen-bond acceptors (Lipinski definition) is 1. The molecule has 0 heterocycles. The second-order valence-corrected chi connectivity index (χ2v) is 5.25.